The molecule has 0 amide bonds. The van der Waals surface area contributed by atoms with Gasteiger partial charge >= 0.3 is 11.9 Å². The Morgan fingerprint density at radius 1 is 0.892 bits per heavy atom. The zero-order valence-corrected chi connectivity index (χ0v) is 19.2. The largest absolute Gasteiger partial charge is 0.507 e. The quantitative estimate of drug-likeness (QED) is 0.177. The first-order chi connectivity index (χ1) is 17.4. The van der Waals surface area contributed by atoms with E-state index in [2.05, 4.69) is 0 Å². The Kier molecular flexibility index (Phi) is 6.88. The molecular weight excluding hydrogens is 496 g/mol. The third-order valence-corrected chi connectivity index (χ3v) is 5.92. The predicted molar refractivity (Wildman–Crippen MR) is 118 cm³/mol. The molecule has 0 bridgehead atoms. The molecule has 0 saturated carbocycles. The van der Waals surface area contributed by atoms with Crippen LogP contribution in [0.4, 0.5) is 0 Å². The van der Waals surface area contributed by atoms with Gasteiger partial charge in [0.2, 0.25) is 12.1 Å². The van der Waals surface area contributed by atoms with Gasteiger partial charge < -0.3 is 44.8 Å². The summed E-state index contributed by atoms with van der Waals surface area (Å²) in [5.74, 6) is -5.39. The summed E-state index contributed by atoms with van der Waals surface area (Å²) in [4.78, 5) is 48.2. The molecule has 2 aliphatic rings. The van der Waals surface area contributed by atoms with Crippen molar-refractivity contribution >= 4 is 23.5 Å². The van der Waals surface area contributed by atoms with Crippen LogP contribution in [-0.2, 0) is 19.1 Å². The first-order valence-electron chi connectivity index (χ1n) is 10.9. The topological polar surface area (TPSA) is 217 Å². The summed E-state index contributed by atoms with van der Waals surface area (Å²) in [7, 11) is 0. The number of aryl methyl sites for hydroxylation is 1. The number of phenols is 2. The molecule has 0 radical (unpaired) electrons. The Labute approximate surface area is 208 Å². The van der Waals surface area contributed by atoms with E-state index in [9.17, 15) is 44.7 Å². The number of carboxylic acid groups (broad SMARTS) is 1. The maximum absolute atomic E-state index is 13.1. The summed E-state index contributed by atoms with van der Waals surface area (Å²) >= 11 is 0. The van der Waals surface area contributed by atoms with Crippen LogP contribution in [0.25, 0.3) is 0 Å². The van der Waals surface area contributed by atoms with E-state index in [1.807, 2.05) is 0 Å². The molecule has 4 rings (SSSR count). The Hall–Kier alpha value is -4.04. The van der Waals surface area contributed by atoms with Crippen molar-refractivity contribution in [2.24, 2.45) is 0 Å². The number of ether oxygens (including phenoxy) is 3. The first kappa shape index (κ1) is 26.0. The molecule has 2 aromatic rings. The maximum Gasteiger partial charge on any atom is 0.317 e. The summed E-state index contributed by atoms with van der Waals surface area (Å²) in [5, 5.41) is 60.0. The second-order valence-corrected chi connectivity index (χ2v) is 8.62. The molecular formula is C24H22O13. The monoisotopic (exact) mass is 518 g/mol. The molecule has 6 N–H and O–H groups in total. The highest BCUT2D eigenvalue weighted by Crippen LogP contribution is 2.40. The summed E-state index contributed by atoms with van der Waals surface area (Å²) in [5.41, 5.74) is -0.438. The summed E-state index contributed by atoms with van der Waals surface area (Å²) in [6.45, 7) is 0.931. The molecule has 2 aromatic carbocycles. The fourth-order valence-electron chi connectivity index (χ4n) is 4.18. The minimum absolute atomic E-state index is 0.0812. The molecule has 0 spiro atoms. The Balaban J connectivity index is 1.59. The van der Waals surface area contributed by atoms with Crippen LogP contribution in [0.1, 0.15) is 43.8 Å². The van der Waals surface area contributed by atoms with Crippen LogP contribution in [0, 0.1) is 6.92 Å². The molecule has 1 fully saturated rings. The lowest BCUT2D eigenvalue weighted by Crippen LogP contribution is -2.60. The number of carbonyl (C=O) groups excluding carboxylic acids is 3. The smallest absolute Gasteiger partial charge is 0.317 e. The van der Waals surface area contributed by atoms with Gasteiger partial charge in [-0.3, -0.25) is 19.2 Å². The minimum Gasteiger partial charge on any atom is -0.507 e. The normalized spacial score (nSPS) is 24.7. The summed E-state index contributed by atoms with van der Waals surface area (Å²) in [6, 6.07) is 4.77. The van der Waals surface area contributed by atoms with Gasteiger partial charge in [-0.1, -0.05) is 0 Å². The Morgan fingerprint density at radius 3 is 2.16 bits per heavy atom. The molecule has 13 heteroatoms. The molecule has 13 nitrogen and oxygen atoms in total. The highest BCUT2D eigenvalue weighted by atomic mass is 16.7. The summed E-state index contributed by atoms with van der Waals surface area (Å²) in [6.07, 6.45) is -9.50. The van der Waals surface area contributed by atoms with Crippen molar-refractivity contribution in [3.63, 3.8) is 0 Å². The first-order valence-corrected chi connectivity index (χ1v) is 10.9. The summed E-state index contributed by atoms with van der Waals surface area (Å²) < 4.78 is 15.6. The average molecular weight is 518 g/mol. The van der Waals surface area contributed by atoms with Crippen LogP contribution in [0.2, 0.25) is 0 Å². The van der Waals surface area contributed by atoms with Gasteiger partial charge in [0.15, 0.2) is 5.78 Å². The van der Waals surface area contributed by atoms with Crippen LogP contribution in [0.15, 0.2) is 24.3 Å². The van der Waals surface area contributed by atoms with Gasteiger partial charge in [0.1, 0.15) is 54.7 Å². The standard InChI is InChI=1S/C24H22O13/c1-8-2-10-17(12(25)3-8)21(32)18-11(19(10)30)4-9(5-13(18)26)36-24-23(34)22(33)20(31)14(37-24)7-35-16(29)6-15(27)28/h2-5,14,20,22-26,31,33-34H,6-7H2,1H3,(H,27,28)/t14-,20+,22+,23-,24-/m1/s1. The second-order valence-electron chi connectivity index (χ2n) is 8.62. The van der Waals surface area contributed by atoms with Crippen LogP contribution < -0.4 is 4.74 Å². The maximum atomic E-state index is 13.1. The van der Waals surface area contributed by atoms with Crippen molar-refractivity contribution in [1.29, 1.82) is 0 Å². The van der Waals surface area contributed by atoms with Crippen molar-refractivity contribution in [3.05, 3.63) is 52.1 Å². The van der Waals surface area contributed by atoms with Crippen molar-refractivity contribution in [2.45, 2.75) is 44.1 Å². The van der Waals surface area contributed by atoms with Gasteiger partial charge in [-0.05, 0) is 30.7 Å². The van der Waals surface area contributed by atoms with E-state index in [0.717, 1.165) is 12.1 Å². The number of carbonyl (C=O) groups is 4. The Bertz CT molecular complexity index is 1300. The van der Waals surface area contributed by atoms with Crippen molar-refractivity contribution in [3.8, 4) is 17.2 Å². The Morgan fingerprint density at radius 2 is 1.51 bits per heavy atom. The van der Waals surface area contributed by atoms with E-state index < -0.39 is 78.7 Å². The van der Waals surface area contributed by atoms with Crippen LogP contribution in [0.3, 0.4) is 0 Å². The number of benzene rings is 2. The molecule has 0 aromatic heterocycles. The second kappa shape index (κ2) is 9.78. The third kappa shape index (κ3) is 4.84. The van der Waals surface area contributed by atoms with E-state index in [1.165, 1.54) is 12.1 Å². The zero-order chi connectivity index (χ0) is 27.2. The predicted octanol–water partition coefficient (Wildman–Crippen LogP) is -0.614. The zero-order valence-electron chi connectivity index (χ0n) is 19.2. The fraction of sp³-hybridized carbons (Fsp3) is 0.333. The number of ketones is 2. The number of esters is 1. The molecule has 37 heavy (non-hydrogen) atoms. The van der Waals surface area contributed by atoms with E-state index in [4.69, 9.17) is 19.3 Å². The molecule has 1 heterocycles. The molecule has 0 unspecified atom stereocenters. The van der Waals surface area contributed by atoms with E-state index in [1.54, 1.807) is 6.92 Å². The molecule has 196 valence electrons. The lowest BCUT2D eigenvalue weighted by molar-refractivity contribution is -0.278. The molecule has 1 aliphatic carbocycles. The van der Waals surface area contributed by atoms with E-state index in [0.29, 0.717) is 5.56 Å². The van der Waals surface area contributed by atoms with Crippen LogP contribution in [0.5, 0.6) is 17.2 Å². The highest BCUT2D eigenvalue weighted by Gasteiger charge is 2.46. The van der Waals surface area contributed by atoms with Gasteiger partial charge in [-0.2, -0.15) is 0 Å². The fourth-order valence-corrected chi connectivity index (χ4v) is 4.18. The number of rotatable bonds is 6. The number of aromatic hydroxyl groups is 2. The average Bonchev–Trinajstić information content (AvgIpc) is 2.80. The number of fused-ring (bicyclic) bond motifs is 2. The van der Waals surface area contributed by atoms with E-state index in [-0.39, 0.29) is 28.0 Å². The number of hydrogen-bond acceptors (Lipinski definition) is 12. The third-order valence-electron chi connectivity index (χ3n) is 5.92. The van der Waals surface area contributed by atoms with Gasteiger partial charge in [-0.15, -0.1) is 0 Å². The van der Waals surface area contributed by atoms with Gasteiger partial charge in [0, 0.05) is 17.2 Å². The lowest BCUT2D eigenvalue weighted by Gasteiger charge is -2.40. The van der Waals surface area contributed by atoms with Crippen LogP contribution >= 0.6 is 0 Å². The molecule has 1 aliphatic heterocycles. The number of hydrogen-bond donors (Lipinski definition) is 6. The lowest BCUT2D eigenvalue weighted by atomic mass is 9.82. The van der Waals surface area contributed by atoms with Crippen molar-refractivity contribution in [1.82, 2.24) is 0 Å². The van der Waals surface area contributed by atoms with E-state index >= 15 is 0 Å². The molecule has 1 saturated heterocycles. The van der Waals surface area contributed by atoms with Gasteiger partial charge in [-0.25, -0.2) is 0 Å². The highest BCUT2D eigenvalue weighted by molar-refractivity contribution is 6.30. The van der Waals surface area contributed by atoms with Crippen LogP contribution in [-0.4, -0.2) is 91.5 Å². The van der Waals surface area contributed by atoms with Crippen molar-refractivity contribution in [2.75, 3.05) is 6.61 Å². The number of phenolic OH excluding ortho intramolecular Hbond substituents is 2. The number of aliphatic hydroxyl groups excluding tert-OH is 3. The van der Waals surface area contributed by atoms with Gasteiger partial charge in [0.25, 0.3) is 0 Å². The number of aliphatic hydroxyl groups is 3. The SMILES string of the molecule is Cc1cc(O)c2c(c1)C(=O)c1cc(O[C@@H]3O[C@H](COC(=O)CC(=O)O)[C@H](O)[C@H](O)[C@H]3O)cc(O)c1C2=O. The minimum atomic E-state index is -1.84. The number of aliphatic carboxylic acids is 1. The van der Waals surface area contributed by atoms with Gasteiger partial charge in [0.05, 0.1) is 11.1 Å². The van der Waals surface area contributed by atoms with Crippen molar-refractivity contribution < 1.29 is 64.0 Å². The molecule has 5 atom stereocenters. The number of carboxylic acids is 1.